The van der Waals surface area contributed by atoms with E-state index in [1.807, 2.05) is 6.07 Å². The fourth-order valence-corrected chi connectivity index (χ4v) is 4.98. The van der Waals surface area contributed by atoms with Gasteiger partial charge in [-0.25, -0.2) is 0 Å². The third kappa shape index (κ3) is 2.79. The van der Waals surface area contributed by atoms with E-state index in [0.717, 1.165) is 0 Å². The van der Waals surface area contributed by atoms with E-state index in [1.54, 1.807) is 0 Å². The summed E-state index contributed by atoms with van der Waals surface area (Å²) in [6.45, 7) is 2.29. The van der Waals surface area contributed by atoms with Gasteiger partial charge in [0.15, 0.2) is 0 Å². The van der Waals surface area contributed by atoms with E-state index in [-0.39, 0.29) is 0 Å². The molecule has 0 radical (unpaired) electrons. The predicted octanol–water partition coefficient (Wildman–Crippen LogP) is 6.38. The molecule has 22 heavy (non-hydrogen) atoms. The molecule has 0 heterocycles. The molecular weight excluding hydrogens is 290 g/mol. The predicted molar refractivity (Wildman–Crippen MR) is 92.1 cm³/mol. The van der Waals surface area contributed by atoms with Crippen LogP contribution in [0.25, 0.3) is 0 Å². The number of fused-ring (bicyclic) bond motifs is 3. The molecule has 0 spiro atoms. The summed E-state index contributed by atoms with van der Waals surface area (Å²) in [7, 11) is 0. The lowest BCUT2D eigenvalue weighted by Crippen LogP contribution is -2.44. The topological polar surface area (TPSA) is 23.8 Å². The smallest absolute Gasteiger partial charge is 0.101 e. The Morgan fingerprint density at radius 2 is 1.77 bits per heavy atom. The minimum Gasteiger partial charge on any atom is -0.192 e. The van der Waals surface area contributed by atoms with Crippen molar-refractivity contribution in [1.29, 1.82) is 5.26 Å². The van der Waals surface area contributed by atoms with Crippen molar-refractivity contribution in [2.45, 2.75) is 76.5 Å². The van der Waals surface area contributed by atoms with Crippen molar-refractivity contribution >= 4 is 11.6 Å². The molecule has 1 aromatic carbocycles. The standard InChI is InChI=1S/C20H26ClN/c1-2-3-4-7-19-8-11-20(12-9-19,13-10-19)17-6-5-16(15-22)18(21)14-17/h5-6,14H,2-4,7-13H2,1H3. The number of nitriles is 1. The monoisotopic (exact) mass is 315 g/mol. The van der Waals surface area contributed by atoms with E-state index in [9.17, 15) is 0 Å². The van der Waals surface area contributed by atoms with Crippen molar-refractivity contribution in [2.75, 3.05) is 0 Å². The van der Waals surface area contributed by atoms with Crippen LogP contribution in [-0.2, 0) is 5.41 Å². The first-order valence-electron chi connectivity index (χ1n) is 8.83. The fourth-order valence-electron chi connectivity index (χ4n) is 4.76. The Bertz CT molecular complexity index is 559. The maximum atomic E-state index is 9.05. The average molecular weight is 316 g/mol. The largest absolute Gasteiger partial charge is 0.192 e. The molecule has 3 aliphatic rings. The molecular formula is C20H26ClN. The van der Waals surface area contributed by atoms with Crippen LogP contribution in [0.4, 0.5) is 0 Å². The summed E-state index contributed by atoms with van der Waals surface area (Å²) in [5, 5.41) is 9.68. The molecule has 3 fully saturated rings. The fraction of sp³-hybridized carbons (Fsp3) is 0.650. The Morgan fingerprint density at radius 1 is 1.09 bits per heavy atom. The lowest BCUT2D eigenvalue weighted by Gasteiger charge is -2.54. The van der Waals surface area contributed by atoms with Crippen LogP contribution in [-0.4, -0.2) is 0 Å². The van der Waals surface area contributed by atoms with Gasteiger partial charge in [0.05, 0.1) is 10.6 Å². The summed E-state index contributed by atoms with van der Waals surface area (Å²) in [5.41, 5.74) is 2.96. The molecule has 4 rings (SSSR count). The molecule has 1 aromatic rings. The van der Waals surface area contributed by atoms with Gasteiger partial charge in [-0.2, -0.15) is 5.26 Å². The molecule has 0 amide bonds. The van der Waals surface area contributed by atoms with Crippen LogP contribution >= 0.6 is 11.6 Å². The van der Waals surface area contributed by atoms with E-state index >= 15 is 0 Å². The maximum absolute atomic E-state index is 9.05. The first-order valence-corrected chi connectivity index (χ1v) is 9.21. The van der Waals surface area contributed by atoms with Crippen LogP contribution in [0.3, 0.4) is 0 Å². The van der Waals surface area contributed by atoms with E-state index in [0.29, 0.717) is 21.4 Å². The number of nitrogens with zero attached hydrogens (tertiary/aromatic N) is 1. The van der Waals surface area contributed by atoms with Crippen molar-refractivity contribution in [3.63, 3.8) is 0 Å². The zero-order chi connectivity index (χ0) is 15.6. The van der Waals surface area contributed by atoms with Crippen molar-refractivity contribution < 1.29 is 0 Å². The summed E-state index contributed by atoms with van der Waals surface area (Å²) in [4.78, 5) is 0. The number of rotatable bonds is 5. The van der Waals surface area contributed by atoms with E-state index in [2.05, 4.69) is 25.1 Å². The normalized spacial score (nSPS) is 30.2. The second-order valence-corrected chi connectivity index (χ2v) is 7.95. The molecule has 118 valence electrons. The van der Waals surface area contributed by atoms with Gasteiger partial charge >= 0.3 is 0 Å². The minimum atomic E-state index is 0.337. The number of hydrogen-bond acceptors (Lipinski definition) is 1. The molecule has 0 unspecified atom stereocenters. The summed E-state index contributed by atoms with van der Waals surface area (Å²) in [5.74, 6) is 0. The van der Waals surface area contributed by atoms with Gasteiger partial charge in [0.1, 0.15) is 6.07 Å². The molecule has 3 aliphatic carbocycles. The zero-order valence-electron chi connectivity index (χ0n) is 13.6. The van der Waals surface area contributed by atoms with E-state index in [4.69, 9.17) is 16.9 Å². The molecule has 0 aromatic heterocycles. The quantitative estimate of drug-likeness (QED) is 0.578. The van der Waals surface area contributed by atoms with Crippen LogP contribution in [0.2, 0.25) is 5.02 Å². The SMILES string of the molecule is CCCCCC12CCC(c3ccc(C#N)c(Cl)c3)(CC1)CC2. The van der Waals surface area contributed by atoms with Crippen LogP contribution < -0.4 is 0 Å². The number of unbranched alkanes of at least 4 members (excludes halogenated alkanes) is 2. The summed E-state index contributed by atoms with van der Waals surface area (Å²) < 4.78 is 0. The van der Waals surface area contributed by atoms with Gasteiger partial charge in [-0.1, -0.05) is 43.9 Å². The van der Waals surface area contributed by atoms with Crippen LogP contribution in [0.15, 0.2) is 18.2 Å². The Balaban J connectivity index is 1.74. The molecule has 2 bridgehead atoms. The second-order valence-electron chi connectivity index (χ2n) is 7.54. The van der Waals surface area contributed by atoms with Crippen molar-refractivity contribution in [3.8, 4) is 6.07 Å². The molecule has 0 atom stereocenters. The van der Waals surface area contributed by atoms with Gasteiger partial charge in [0.2, 0.25) is 0 Å². The van der Waals surface area contributed by atoms with Gasteiger partial charge in [-0.05, 0) is 73.5 Å². The lowest BCUT2D eigenvalue weighted by atomic mass is 9.51. The molecule has 0 saturated heterocycles. The first kappa shape index (κ1) is 15.9. The molecule has 2 heteroatoms. The summed E-state index contributed by atoms with van der Waals surface area (Å²) in [6.07, 6.45) is 13.6. The van der Waals surface area contributed by atoms with Crippen LogP contribution in [0.5, 0.6) is 0 Å². The van der Waals surface area contributed by atoms with Gasteiger partial charge in [-0.15, -0.1) is 0 Å². The van der Waals surface area contributed by atoms with Crippen LogP contribution in [0, 0.1) is 16.7 Å². The van der Waals surface area contributed by atoms with E-state index < -0.39 is 0 Å². The Kier molecular flexibility index (Phi) is 4.51. The van der Waals surface area contributed by atoms with Gasteiger partial charge < -0.3 is 0 Å². The first-order chi connectivity index (χ1) is 10.6. The second kappa shape index (κ2) is 6.25. The van der Waals surface area contributed by atoms with Crippen molar-refractivity contribution in [1.82, 2.24) is 0 Å². The highest BCUT2D eigenvalue weighted by molar-refractivity contribution is 6.31. The molecule has 3 saturated carbocycles. The number of benzene rings is 1. The average Bonchev–Trinajstić information content (AvgIpc) is 2.57. The highest BCUT2D eigenvalue weighted by atomic mass is 35.5. The number of halogens is 1. The molecule has 1 nitrogen and oxygen atoms in total. The Hall–Kier alpha value is -1.00. The lowest BCUT2D eigenvalue weighted by molar-refractivity contribution is 0.0305. The van der Waals surface area contributed by atoms with E-state index in [1.165, 1.54) is 69.8 Å². The van der Waals surface area contributed by atoms with Crippen molar-refractivity contribution in [2.24, 2.45) is 5.41 Å². The van der Waals surface area contributed by atoms with Crippen molar-refractivity contribution in [3.05, 3.63) is 34.3 Å². The van der Waals surface area contributed by atoms with Gasteiger partial charge in [0.25, 0.3) is 0 Å². The maximum Gasteiger partial charge on any atom is 0.101 e. The van der Waals surface area contributed by atoms with Gasteiger partial charge in [-0.3, -0.25) is 0 Å². The van der Waals surface area contributed by atoms with Gasteiger partial charge in [0, 0.05) is 0 Å². The highest BCUT2D eigenvalue weighted by Gasteiger charge is 2.48. The Morgan fingerprint density at radius 3 is 2.32 bits per heavy atom. The third-order valence-corrected chi connectivity index (χ3v) is 6.73. The molecule has 0 aliphatic heterocycles. The molecule has 0 N–H and O–H groups in total. The Labute approximate surface area is 139 Å². The zero-order valence-corrected chi connectivity index (χ0v) is 14.4. The third-order valence-electron chi connectivity index (χ3n) is 6.41. The van der Waals surface area contributed by atoms with Crippen LogP contribution in [0.1, 0.15) is 82.3 Å². The highest BCUT2D eigenvalue weighted by Crippen LogP contribution is 2.59. The minimum absolute atomic E-state index is 0.337. The number of hydrogen-bond donors (Lipinski definition) is 0. The summed E-state index contributed by atoms with van der Waals surface area (Å²) >= 11 is 6.27. The summed E-state index contributed by atoms with van der Waals surface area (Å²) in [6, 6.07) is 8.29.